The molecule has 120 heavy (non-hydrogen) atoms. The number of pyridine rings is 2. The van der Waals surface area contributed by atoms with Crippen molar-refractivity contribution in [3.8, 4) is 135 Å². The molecule has 8 heterocycles. The van der Waals surface area contributed by atoms with Crippen molar-refractivity contribution in [2.45, 2.75) is 0 Å². The van der Waals surface area contributed by atoms with Crippen LogP contribution in [-0.4, -0.2) is 29.9 Å². The van der Waals surface area contributed by atoms with Gasteiger partial charge in [0.2, 0.25) is 0 Å². The zero-order valence-corrected chi connectivity index (χ0v) is 67.7. The van der Waals surface area contributed by atoms with E-state index in [2.05, 4.69) is 364 Å². The van der Waals surface area contributed by atoms with Gasteiger partial charge in [0.25, 0.3) is 0 Å². The number of hydrogen-bond donors (Lipinski definition) is 0. The van der Waals surface area contributed by atoms with Gasteiger partial charge in [-0.3, -0.25) is 0 Å². The average Bonchev–Trinajstić information content (AvgIpc) is 1.54. The first-order chi connectivity index (χ1) is 59.5. The normalized spacial score (nSPS) is 11.7. The second-order valence-corrected chi connectivity index (χ2v) is 34.4. The van der Waals surface area contributed by atoms with E-state index in [4.69, 9.17) is 29.9 Å². The second kappa shape index (κ2) is 29.8. The highest BCUT2D eigenvalue weighted by Gasteiger charge is 2.24. The summed E-state index contributed by atoms with van der Waals surface area (Å²) >= 11 is 7.31. The zero-order valence-electron chi connectivity index (χ0n) is 64.4. The van der Waals surface area contributed by atoms with E-state index in [0.29, 0.717) is 11.6 Å². The van der Waals surface area contributed by atoms with Gasteiger partial charge in [-0.05, 0) is 75.8 Å². The number of nitrogens with zero attached hydrogens (tertiary/aromatic N) is 6. The van der Waals surface area contributed by atoms with Crippen LogP contribution in [0.1, 0.15) is 0 Å². The molecule has 16 aromatic carbocycles. The van der Waals surface area contributed by atoms with Crippen molar-refractivity contribution in [1.29, 1.82) is 0 Å². The lowest BCUT2D eigenvalue weighted by Crippen LogP contribution is -1.96. The average molecular weight is 1600 g/mol. The highest BCUT2D eigenvalue weighted by Crippen LogP contribution is 2.49. The Bertz CT molecular complexity index is 8120. The van der Waals surface area contributed by atoms with Gasteiger partial charge in [-0.15, -0.1) is 45.3 Å². The van der Waals surface area contributed by atoms with Gasteiger partial charge in [-0.1, -0.05) is 358 Å². The third kappa shape index (κ3) is 12.6. The Kier molecular flexibility index (Phi) is 17.6. The van der Waals surface area contributed by atoms with Gasteiger partial charge >= 0.3 is 0 Å². The number of aromatic nitrogens is 6. The minimum Gasteiger partial charge on any atom is -0.246 e. The molecule has 24 rings (SSSR count). The fourth-order valence-corrected chi connectivity index (χ4v) is 22.2. The van der Waals surface area contributed by atoms with E-state index < -0.39 is 0 Å². The van der Waals surface area contributed by atoms with Gasteiger partial charge in [0.05, 0.1) is 54.6 Å². The van der Waals surface area contributed by atoms with Gasteiger partial charge in [0, 0.05) is 138 Å². The number of para-hydroxylation sites is 2. The lowest BCUT2D eigenvalue weighted by molar-refractivity contribution is 1.18. The van der Waals surface area contributed by atoms with E-state index in [1.165, 1.54) is 108 Å². The molecule has 0 amide bonds. The molecule has 0 aliphatic rings. The number of rotatable bonds is 12. The standard InChI is InChI=1S/2C55H33N3S2/c1-3-14-34(15-4-1)35-28-30-36(31-29-35)40-22-12-25-45-50-44-21-8-10-27-49(44)60-54(50)51(58-52(40)45)39-19-11-18-38(32-39)46-33-47(57-55(56-46)37-16-5-2-6-17-37)43-24-13-23-42-41-20-7-9-26-48(41)59-53(42)43;1-3-13-34(14-4-1)40-19-11-22-45-50-44-18-8-10-24-49(44)60-54(50)51(58-52(40)45)38-31-29-37(30-32-38)47-33-46(56-55(57-47)39-15-5-2-6-16-39)36-27-25-35(26-28-36)41-20-12-21-43-42-17-7-9-23-48(42)59-53(41)43/h2*1-33H. The predicted molar refractivity (Wildman–Crippen MR) is 511 cm³/mol. The Labute approximate surface area is 707 Å². The van der Waals surface area contributed by atoms with Crippen molar-refractivity contribution < 1.29 is 0 Å². The van der Waals surface area contributed by atoms with Crippen molar-refractivity contribution in [2.24, 2.45) is 0 Å². The summed E-state index contributed by atoms with van der Waals surface area (Å²) in [4.78, 5) is 31.9. The molecule has 0 radical (unpaired) electrons. The molecule has 0 saturated heterocycles. The van der Waals surface area contributed by atoms with Crippen LogP contribution in [0.25, 0.3) is 237 Å². The van der Waals surface area contributed by atoms with E-state index in [9.17, 15) is 0 Å². The number of fused-ring (bicyclic) bond motifs is 16. The van der Waals surface area contributed by atoms with Gasteiger partial charge in [0.15, 0.2) is 11.6 Å². The van der Waals surface area contributed by atoms with Crippen molar-refractivity contribution in [2.75, 3.05) is 0 Å². The van der Waals surface area contributed by atoms with Crippen LogP contribution >= 0.6 is 45.3 Å². The molecular formula is C110H66N6S4. The molecule has 0 fully saturated rings. The highest BCUT2D eigenvalue weighted by molar-refractivity contribution is 7.27. The maximum absolute atomic E-state index is 5.62. The molecule has 0 aliphatic carbocycles. The van der Waals surface area contributed by atoms with Crippen LogP contribution < -0.4 is 0 Å². The summed E-state index contributed by atoms with van der Waals surface area (Å²) in [6.07, 6.45) is 0. The van der Waals surface area contributed by atoms with Crippen LogP contribution in [0, 0.1) is 0 Å². The summed E-state index contributed by atoms with van der Waals surface area (Å²) < 4.78 is 10.0. The molecule has 0 N–H and O–H groups in total. The Morgan fingerprint density at radius 3 is 0.967 bits per heavy atom. The molecule has 0 atom stereocenters. The Balaban J connectivity index is 0.000000140. The first-order valence-electron chi connectivity index (χ1n) is 40.2. The predicted octanol–water partition coefficient (Wildman–Crippen LogP) is 31.5. The maximum Gasteiger partial charge on any atom is 0.160 e. The first-order valence-corrected chi connectivity index (χ1v) is 43.5. The van der Waals surface area contributed by atoms with Crippen LogP contribution in [0.3, 0.4) is 0 Å². The fraction of sp³-hybridized carbons (Fsp3) is 0. The maximum atomic E-state index is 5.62. The Morgan fingerprint density at radius 2 is 0.458 bits per heavy atom. The molecule has 6 nitrogen and oxygen atoms in total. The number of thiophene rings is 4. The van der Waals surface area contributed by atoms with E-state index in [-0.39, 0.29) is 0 Å². The lowest BCUT2D eigenvalue weighted by Gasteiger charge is -2.13. The topological polar surface area (TPSA) is 77.3 Å². The molecule has 8 aromatic heterocycles. The Morgan fingerprint density at radius 1 is 0.158 bits per heavy atom. The SMILES string of the molecule is c1ccc(-c2ccc(-c3cccc4c3nc(-c3cccc(-c5cc(-c6cccc7c6sc6ccccc67)nc(-c6ccccc6)n5)c3)c3sc5ccccc5c34)cc2)cc1.c1ccc(-c2nc(-c3ccc(-c4cccc5c4sc4ccccc45)cc3)cc(-c3ccc(-c4nc5c(-c6ccccc6)cccc5c5c4sc4ccccc45)cc3)n2)cc1. The monoisotopic (exact) mass is 1600 g/mol. The van der Waals surface area contributed by atoms with Crippen LogP contribution in [-0.2, 0) is 0 Å². The van der Waals surface area contributed by atoms with Gasteiger partial charge < -0.3 is 0 Å². The minimum atomic E-state index is 0.697. The van der Waals surface area contributed by atoms with Gasteiger partial charge in [-0.2, -0.15) is 0 Å². The number of benzene rings is 16. The summed E-state index contributed by atoms with van der Waals surface area (Å²) in [5, 5.41) is 12.5. The fourth-order valence-electron chi connectivity index (χ4n) is 17.2. The summed E-state index contributed by atoms with van der Waals surface area (Å²) in [7, 11) is 0. The van der Waals surface area contributed by atoms with Gasteiger partial charge in [0.1, 0.15) is 0 Å². The molecule has 0 unspecified atom stereocenters. The lowest BCUT2D eigenvalue weighted by atomic mass is 9.96. The van der Waals surface area contributed by atoms with E-state index >= 15 is 0 Å². The van der Waals surface area contributed by atoms with Crippen LogP contribution in [0.4, 0.5) is 0 Å². The van der Waals surface area contributed by atoms with E-state index in [0.717, 1.165) is 117 Å². The summed E-state index contributed by atoms with van der Waals surface area (Å²) in [5.41, 5.74) is 25.1. The van der Waals surface area contributed by atoms with Gasteiger partial charge in [-0.25, -0.2) is 29.9 Å². The van der Waals surface area contributed by atoms with Crippen molar-refractivity contribution in [3.63, 3.8) is 0 Å². The summed E-state index contributed by atoms with van der Waals surface area (Å²) in [6.45, 7) is 0. The minimum absolute atomic E-state index is 0.697. The van der Waals surface area contributed by atoms with E-state index in [1.807, 2.05) is 81.7 Å². The molecule has 24 aromatic rings. The largest absolute Gasteiger partial charge is 0.246 e. The second-order valence-electron chi connectivity index (χ2n) is 30.2. The highest BCUT2D eigenvalue weighted by atomic mass is 32.1. The molecule has 560 valence electrons. The quantitative estimate of drug-likeness (QED) is 0.121. The van der Waals surface area contributed by atoms with Crippen molar-refractivity contribution in [3.05, 3.63) is 400 Å². The number of hydrogen-bond acceptors (Lipinski definition) is 10. The van der Waals surface area contributed by atoms with Crippen LogP contribution in [0.5, 0.6) is 0 Å². The molecule has 0 aliphatic heterocycles. The van der Waals surface area contributed by atoms with E-state index in [1.54, 1.807) is 0 Å². The molecular weight excluding hydrogens is 1530 g/mol. The third-order valence-corrected chi connectivity index (χ3v) is 27.8. The van der Waals surface area contributed by atoms with Crippen molar-refractivity contribution >= 4 is 148 Å². The molecule has 10 heteroatoms. The smallest absolute Gasteiger partial charge is 0.160 e. The zero-order chi connectivity index (χ0) is 79.1. The van der Waals surface area contributed by atoms with Crippen molar-refractivity contribution in [1.82, 2.24) is 29.9 Å². The third-order valence-electron chi connectivity index (χ3n) is 23.0. The Hall–Kier alpha value is -14.6. The summed E-state index contributed by atoms with van der Waals surface area (Å²) in [5.74, 6) is 1.40. The molecule has 0 spiro atoms. The van der Waals surface area contributed by atoms with Crippen LogP contribution in [0.15, 0.2) is 400 Å². The summed E-state index contributed by atoms with van der Waals surface area (Å²) in [6, 6.07) is 142. The molecule has 0 saturated carbocycles. The molecule has 0 bridgehead atoms. The first kappa shape index (κ1) is 70.8. The van der Waals surface area contributed by atoms with Crippen LogP contribution in [0.2, 0.25) is 0 Å².